The molecule has 2 aromatic carbocycles. The number of aromatic amines is 1. The van der Waals surface area contributed by atoms with Crippen LogP contribution < -0.4 is 10.2 Å². The van der Waals surface area contributed by atoms with Crippen molar-refractivity contribution in [1.82, 2.24) is 15.2 Å². The molecule has 5 nitrogen and oxygen atoms in total. The van der Waals surface area contributed by atoms with Crippen molar-refractivity contribution in [3.63, 3.8) is 0 Å². The molecule has 0 aliphatic carbocycles. The van der Waals surface area contributed by atoms with Crippen LogP contribution in [-0.4, -0.2) is 55.1 Å². The van der Waals surface area contributed by atoms with Gasteiger partial charge in [0.2, 0.25) is 0 Å². The third-order valence-corrected chi connectivity index (χ3v) is 6.51. The van der Waals surface area contributed by atoms with Crippen molar-refractivity contribution >= 4 is 34.8 Å². The summed E-state index contributed by atoms with van der Waals surface area (Å²) in [5.41, 5.74) is 4.59. The van der Waals surface area contributed by atoms with Gasteiger partial charge in [-0.3, -0.25) is 9.69 Å². The molecule has 1 amide bonds. The highest BCUT2D eigenvalue weighted by Gasteiger charge is 2.20. The van der Waals surface area contributed by atoms with Crippen molar-refractivity contribution in [3.8, 4) is 11.3 Å². The Labute approximate surface area is 206 Å². The summed E-state index contributed by atoms with van der Waals surface area (Å²) in [6, 6.07) is 17.7. The summed E-state index contributed by atoms with van der Waals surface area (Å²) in [4.78, 5) is 20.6. The molecule has 0 atom stereocenters. The number of hydrogen-bond acceptors (Lipinski definition) is 3. The van der Waals surface area contributed by atoms with Crippen LogP contribution >= 0.6 is 23.2 Å². The normalized spacial score (nSPS) is 13.9. The van der Waals surface area contributed by atoms with Crippen molar-refractivity contribution in [1.29, 1.82) is 0 Å². The van der Waals surface area contributed by atoms with Crippen molar-refractivity contribution in [2.24, 2.45) is 0 Å². The molecule has 1 aliphatic heterocycles. The lowest BCUT2D eigenvalue weighted by Gasteiger charge is -2.36. The first kappa shape index (κ1) is 25.2. The maximum absolute atomic E-state index is 12.7. The largest absolute Gasteiger partial charge is 0.368 e. The zero-order chi connectivity index (χ0) is 23.8. The number of rotatable bonds is 6. The van der Waals surface area contributed by atoms with Gasteiger partial charge in [0.05, 0.1) is 21.3 Å². The van der Waals surface area contributed by atoms with Crippen molar-refractivity contribution in [3.05, 3.63) is 75.9 Å². The van der Waals surface area contributed by atoms with Gasteiger partial charge in [-0.05, 0) is 30.7 Å². The number of amides is 1. The lowest BCUT2D eigenvalue weighted by atomic mass is 10.1. The van der Waals surface area contributed by atoms with Crippen LogP contribution in [-0.2, 0) is 0 Å². The van der Waals surface area contributed by atoms with Crippen LogP contribution in [0, 0.1) is 6.92 Å². The number of benzene rings is 2. The molecule has 0 unspecified atom stereocenters. The number of nitrogens with zero attached hydrogens (tertiary/aromatic N) is 2. The van der Waals surface area contributed by atoms with Crippen molar-refractivity contribution in [2.45, 2.75) is 20.8 Å². The van der Waals surface area contributed by atoms with Gasteiger partial charge in [0.25, 0.3) is 5.91 Å². The highest BCUT2D eigenvalue weighted by molar-refractivity contribution is 6.43. The molecule has 7 heteroatoms. The number of nitrogens with one attached hydrogen (secondary N) is 2. The number of H-pyrrole nitrogens is 1. The van der Waals surface area contributed by atoms with E-state index >= 15 is 0 Å². The van der Waals surface area contributed by atoms with E-state index in [-0.39, 0.29) is 5.91 Å². The van der Waals surface area contributed by atoms with Gasteiger partial charge in [-0.1, -0.05) is 73.4 Å². The SMILES string of the molecule is CC.Cc1[nH]c(-c2ccccc2)cc1C(=O)NCCN1CCN(c2cccc(Cl)c2Cl)CC1. The van der Waals surface area contributed by atoms with E-state index in [0.29, 0.717) is 22.2 Å². The van der Waals surface area contributed by atoms with Gasteiger partial charge in [0.15, 0.2) is 0 Å². The Morgan fingerprint density at radius 1 is 1.00 bits per heavy atom. The Kier molecular flexibility index (Phi) is 9.24. The summed E-state index contributed by atoms with van der Waals surface area (Å²) in [6.07, 6.45) is 0. The van der Waals surface area contributed by atoms with Crippen LogP contribution in [0.3, 0.4) is 0 Å². The Hall–Kier alpha value is -2.47. The second-order valence-electron chi connectivity index (χ2n) is 7.75. The molecule has 176 valence electrons. The van der Waals surface area contributed by atoms with Crippen LogP contribution in [0.1, 0.15) is 29.9 Å². The molecule has 1 saturated heterocycles. The van der Waals surface area contributed by atoms with Gasteiger partial charge in [-0.2, -0.15) is 0 Å². The van der Waals surface area contributed by atoms with Crippen molar-refractivity contribution < 1.29 is 4.79 Å². The maximum atomic E-state index is 12.7. The monoisotopic (exact) mass is 486 g/mol. The minimum Gasteiger partial charge on any atom is -0.368 e. The predicted molar refractivity (Wildman–Crippen MR) is 140 cm³/mol. The summed E-state index contributed by atoms with van der Waals surface area (Å²) in [6.45, 7) is 11.0. The fourth-order valence-electron chi connectivity index (χ4n) is 3.94. The Morgan fingerprint density at radius 3 is 2.39 bits per heavy atom. The number of anilines is 1. The van der Waals surface area contributed by atoms with Crippen LogP contribution in [0.2, 0.25) is 10.0 Å². The smallest absolute Gasteiger partial charge is 0.253 e. The Bertz CT molecular complexity index is 1040. The maximum Gasteiger partial charge on any atom is 0.253 e. The van der Waals surface area contributed by atoms with Gasteiger partial charge in [0.1, 0.15) is 0 Å². The highest BCUT2D eigenvalue weighted by Crippen LogP contribution is 2.32. The molecule has 1 aliphatic rings. The molecule has 0 radical (unpaired) electrons. The van der Waals surface area contributed by atoms with E-state index in [2.05, 4.69) is 20.1 Å². The number of aromatic nitrogens is 1. The predicted octanol–water partition coefficient (Wildman–Crippen LogP) is 5.88. The summed E-state index contributed by atoms with van der Waals surface area (Å²) < 4.78 is 0. The lowest BCUT2D eigenvalue weighted by Crippen LogP contribution is -2.48. The summed E-state index contributed by atoms with van der Waals surface area (Å²) >= 11 is 12.5. The molecule has 0 bridgehead atoms. The quantitative estimate of drug-likeness (QED) is 0.457. The molecule has 0 saturated carbocycles. The van der Waals surface area contributed by atoms with Crippen LogP contribution in [0.15, 0.2) is 54.6 Å². The molecule has 33 heavy (non-hydrogen) atoms. The van der Waals surface area contributed by atoms with E-state index in [4.69, 9.17) is 23.2 Å². The van der Waals surface area contributed by atoms with Crippen molar-refractivity contribution in [2.75, 3.05) is 44.2 Å². The fourth-order valence-corrected chi connectivity index (χ4v) is 4.35. The average Bonchev–Trinajstić information content (AvgIpc) is 3.25. The van der Waals surface area contributed by atoms with E-state index in [0.717, 1.165) is 55.4 Å². The second-order valence-corrected chi connectivity index (χ2v) is 8.53. The molecular formula is C26H32Cl2N4O. The van der Waals surface area contributed by atoms with Crippen LogP contribution in [0.5, 0.6) is 0 Å². The molecule has 2 heterocycles. The number of piperazine rings is 1. The molecule has 2 N–H and O–H groups in total. The number of carbonyl (C=O) groups excluding carboxylic acids is 1. The Balaban J connectivity index is 0.00000149. The molecule has 1 fully saturated rings. The Morgan fingerprint density at radius 2 is 1.70 bits per heavy atom. The standard InChI is InChI=1S/C24H26Cl2N4O.C2H6/c1-17-19(16-21(28-17)18-6-3-2-4-7-18)24(31)27-10-11-29-12-14-30(15-13-29)22-9-5-8-20(25)23(22)26;1-2/h2-9,16,28H,10-15H2,1H3,(H,27,31);1-2H3. The van der Waals surface area contributed by atoms with Crippen LogP contribution in [0.4, 0.5) is 5.69 Å². The van der Waals surface area contributed by atoms with Gasteiger partial charge >= 0.3 is 0 Å². The topological polar surface area (TPSA) is 51.4 Å². The minimum atomic E-state index is -0.0414. The summed E-state index contributed by atoms with van der Waals surface area (Å²) in [5, 5.41) is 4.25. The average molecular weight is 487 g/mol. The lowest BCUT2D eigenvalue weighted by molar-refractivity contribution is 0.0947. The number of aryl methyl sites for hydroxylation is 1. The highest BCUT2D eigenvalue weighted by atomic mass is 35.5. The van der Waals surface area contributed by atoms with Gasteiger partial charge in [-0.25, -0.2) is 0 Å². The zero-order valence-electron chi connectivity index (χ0n) is 19.5. The first-order valence-corrected chi connectivity index (χ1v) is 12.2. The zero-order valence-corrected chi connectivity index (χ0v) is 21.0. The van der Waals surface area contributed by atoms with Gasteiger partial charge < -0.3 is 15.2 Å². The summed E-state index contributed by atoms with van der Waals surface area (Å²) in [7, 11) is 0. The third kappa shape index (κ3) is 6.32. The molecular weight excluding hydrogens is 455 g/mol. The van der Waals surface area contributed by atoms with E-state index < -0.39 is 0 Å². The van der Waals surface area contributed by atoms with E-state index in [1.165, 1.54) is 0 Å². The van der Waals surface area contributed by atoms with Gasteiger partial charge in [0, 0.05) is 50.7 Å². The number of carbonyl (C=O) groups is 1. The van der Waals surface area contributed by atoms with Gasteiger partial charge in [-0.15, -0.1) is 0 Å². The number of hydrogen-bond donors (Lipinski definition) is 2. The number of halogens is 2. The first-order chi connectivity index (χ1) is 16.0. The van der Waals surface area contributed by atoms with E-state index in [1.54, 1.807) is 6.07 Å². The second kappa shape index (κ2) is 12.1. The fraction of sp³-hybridized carbons (Fsp3) is 0.346. The first-order valence-electron chi connectivity index (χ1n) is 11.5. The van der Waals surface area contributed by atoms with E-state index in [9.17, 15) is 4.79 Å². The molecule has 0 spiro atoms. The third-order valence-electron chi connectivity index (χ3n) is 5.70. The summed E-state index contributed by atoms with van der Waals surface area (Å²) in [5.74, 6) is -0.0414. The molecule has 4 rings (SSSR count). The molecule has 3 aromatic rings. The minimum absolute atomic E-state index is 0.0414. The molecule has 1 aromatic heterocycles. The van der Waals surface area contributed by atoms with E-state index in [1.807, 2.05) is 69.3 Å². The van der Waals surface area contributed by atoms with Crippen LogP contribution in [0.25, 0.3) is 11.3 Å².